The number of rotatable bonds is 7. The molecule has 2 amide bonds. The van der Waals surface area contributed by atoms with Gasteiger partial charge in [0.2, 0.25) is 0 Å². The summed E-state index contributed by atoms with van der Waals surface area (Å²) >= 11 is 0. The highest BCUT2D eigenvalue weighted by molar-refractivity contribution is 5.95. The fourth-order valence-corrected chi connectivity index (χ4v) is 3.51. The van der Waals surface area contributed by atoms with Gasteiger partial charge in [-0.2, -0.15) is 0 Å². The lowest BCUT2D eigenvalue weighted by atomic mass is 9.94. The van der Waals surface area contributed by atoms with E-state index in [9.17, 15) is 9.59 Å². The highest BCUT2D eigenvalue weighted by Gasteiger charge is 2.33. The first-order valence-electron chi connectivity index (χ1n) is 9.72. The van der Waals surface area contributed by atoms with Crippen LogP contribution in [0.15, 0.2) is 65.9 Å². The quantitative estimate of drug-likeness (QED) is 0.709. The zero-order valence-electron chi connectivity index (χ0n) is 17.1. The van der Waals surface area contributed by atoms with Crippen LogP contribution in [0.25, 0.3) is 0 Å². The van der Waals surface area contributed by atoms with Crippen molar-refractivity contribution in [3.63, 3.8) is 0 Å². The minimum atomic E-state index is -0.553. The predicted molar refractivity (Wildman–Crippen MR) is 112 cm³/mol. The normalized spacial score (nSPS) is 16.4. The maximum Gasteiger partial charge on any atom is 0.338 e. The van der Waals surface area contributed by atoms with Gasteiger partial charge in [-0.3, -0.25) is 4.90 Å². The van der Waals surface area contributed by atoms with Gasteiger partial charge in [-0.15, -0.1) is 0 Å². The summed E-state index contributed by atoms with van der Waals surface area (Å²) in [6.07, 6.45) is 0.925. The van der Waals surface area contributed by atoms with Crippen molar-refractivity contribution in [2.24, 2.45) is 0 Å². The van der Waals surface area contributed by atoms with E-state index in [1.807, 2.05) is 61.6 Å². The van der Waals surface area contributed by atoms with Crippen LogP contribution in [0.1, 0.15) is 29.7 Å². The molecule has 6 nitrogen and oxygen atoms in total. The predicted octanol–water partition coefficient (Wildman–Crippen LogP) is 3.16. The number of ether oxygens (including phenoxy) is 1. The van der Waals surface area contributed by atoms with E-state index < -0.39 is 12.0 Å². The SMILES string of the molecule is CCc1ccc([C@@H]2NC(=O)NC(CN(C)Cc3ccccc3)=C2C(=O)OC)cc1. The van der Waals surface area contributed by atoms with E-state index in [0.717, 1.165) is 17.5 Å². The van der Waals surface area contributed by atoms with Crippen molar-refractivity contribution in [2.45, 2.75) is 25.9 Å². The molecule has 6 heteroatoms. The van der Waals surface area contributed by atoms with E-state index in [-0.39, 0.29) is 6.03 Å². The molecule has 3 rings (SSSR count). The van der Waals surface area contributed by atoms with Gasteiger partial charge < -0.3 is 15.4 Å². The molecular formula is C23H27N3O3. The number of carbonyl (C=O) groups is 2. The molecule has 2 aromatic carbocycles. The van der Waals surface area contributed by atoms with Crippen molar-refractivity contribution in [1.82, 2.24) is 15.5 Å². The summed E-state index contributed by atoms with van der Waals surface area (Å²) in [5.41, 5.74) is 4.18. The maximum absolute atomic E-state index is 12.6. The molecule has 2 N–H and O–H groups in total. The lowest BCUT2D eigenvalue weighted by Gasteiger charge is -2.31. The second-order valence-electron chi connectivity index (χ2n) is 7.17. The van der Waals surface area contributed by atoms with Crippen LogP contribution in [0, 0.1) is 0 Å². The number of hydrogen-bond donors (Lipinski definition) is 2. The Balaban J connectivity index is 1.91. The van der Waals surface area contributed by atoms with Crippen LogP contribution in [-0.4, -0.2) is 37.6 Å². The molecule has 29 heavy (non-hydrogen) atoms. The van der Waals surface area contributed by atoms with Crippen LogP contribution in [0.2, 0.25) is 0 Å². The molecule has 152 valence electrons. The standard InChI is InChI=1S/C23H27N3O3/c1-4-16-10-12-18(13-11-16)21-20(22(27)29-3)19(24-23(28)25-21)15-26(2)14-17-8-6-5-7-9-17/h5-13,21H,4,14-15H2,1-3H3,(H2,24,25,28)/t21-/m0/s1. The van der Waals surface area contributed by atoms with Gasteiger partial charge in [-0.25, -0.2) is 9.59 Å². The number of carbonyl (C=O) groups excluding carboxylic acids is 2. The van der Waals surface area contributed by atoms with Gasteiger partial charge in [0.15, 0.2) is 0 Å². The Bertz CT molecular complexity index is 891. The van der Waals surface area contributed by atoms with Crippen LogP contribution < -0.4 is 10.6 Å². The number of methoxy groups -OCH3 is 1. The summed E-state index contributed by atoms with van der Waals surface area (Å²) in [6, 6.07) is 17.1. The minimum Gasteiger partial charge on any atom is -0.466 e. The summed E-state index contributed by atoms with van der Waals surface area (Å²) in [4.78, 5) is 27.0. The van der Waals surface area contributed by atoms with Crippen LogP contribution >= 0.6 is 0 Å². The molecule has 0 spiro atoms. The van der Waals surface area contributed by atoms with Gasteiger partial charge in [0.05, 0.1) is 18.7 Å². The highest BCUT2D eigenvalue weighted by atomic mass is 16.5. The number of nitrogens with zero attached hydrogens (tertiary/aromatic N) is 1. The first-order valence-corrected chi connectivity index (χ1v) is 9.72. The van der Waals surface area contributed by atoms with E-state index in [1.165, 1.54) is 12.7 Å². The number of amides is 2. The fourth-order valence-electron chi connectivity index (χ4n) is 3.51. The summed E-state index contributed by atoms with van der Waals surface area (Å²) in [5.74, 6) is -0.454. The molecule has 2 aromatic rings. The summed E-state index contributed by atoms with van der Waals surface area (Å²) in [5, 5.41) is 5.67. The van der Waals surface area contributed by atoms with Crippen LogP contribution in [0.4, 0.5) is 4.79 Å². The van der Waals surface area contributed by atoms with E-state index in [0.29, 0.717) is 24.4 Å². The number of hydrogen-bond acceptors (Lipinski definition) is 4. The first-order chi connectivity index (χ1) is 14.0. The largest absolute Gasteiger partial charge is 0.466 e. The molecule has 0 saturated carbocycles. The molecule has 0 bridgehead atoms. The molecule has 0 aliphatic carbocycles. The Morgan fingerprint density at radius 1 is 1.03 bits per heavy atom. The van der Waals surface area contributed by atoms with Crippen molar-refractivity contribution in [3.05, 3.63) is 82.6 Å². The topological polar surface area (TPSA) is 70.7 Å². The molecule has 0 aromatic heterocycles. The Morgan fingerprint density at radius 3 is 2.34 bits per heavy atom. The smallest absolute Gasteiger partial charge is 0.338 e. The van der Waals surface area contributed by atoms with Gasteiger partial charge in [0.25, 0.3) is 0 Å². The summed E-state index contributed by atoms with van der Waals surface area (Å²) in [6.45, 7) is 3.19. The Hall–Kier alpha value is -3.12. The van der Waals surface area contributed by atoms with Gasteiger partial charge in [0.1, 0.15) is 0 Å². The van der Waals surface area contributed by atoms with E-state index >= 15 is 0 Å². The monoisotopic (exact) mass is 393 g/mol. The molecule has 0 radical (unpaired) electrons. The van der Waals surface area contributed by atoms with Crippen molar-refractivity contribution in [2.75, 3.05) is 20.7 Å². The van der Waals surface area contributed by atoms with Gasteiger partial charge >= 0.3 is 12.0 Å². The molecule has 0 unspecified atom stereocenters. The lowest BCUT2D eigenvalue weighted by Crippen LogP contribution is -2.48. The van der Waals surface area contributed by atoms with Gasteiger partial charge in [0, 0.05) is 18.8 Å². The number of likely N-dealkylation sites (N-methyl/N-ethyl adjacent to an activating group) is 1. The molecule has 1 aliphatic rings. The zero-order valence-corrected chi connectivity index (χ0v) is 17.1. The zero-order chi connectivity index (χ0) is 20.8. The second kappa shape index (κ2) is 9.39. The third-order valence-corrected chi connectivity index (χ3v) is 5.00. The number of benzene rings is 2. The van der Waals surface area contributed by atoms with Crippen molar-refractivity contribution in [3.8, 4) is 0 Å². The Labute approximate surface area is 171 Å². The van der Waals surface area contributed by atoms with Crippen molar-refractivity contribution in [1.29, 1.82) is 0 Å². The Kier molecular flexibility index (Phi) is 6.67. The number of urea groups is 1. The average molecular weight is 393 g/mol. The number of esters is 1. The fraction of sp³-hybridized carbons (Fsp3) is 0.304. The highest BCUT2D eigenvalue weighted by Crippen LogP contribution is 2.28. The van der Waals surface area contributed by atoms with Crippen molar-refractivity contribution < 1.29 is 14.3 Å². The molecule has 1 aliphatic heterocycles. The maximum atomic E-state index is 12.6. The van der Waals surface area contributed by atoms with Crippen LogP contribution in [0.5, 0.6) is 0 Å². The molecule has 1 heterocycles. The molecular weight excluding hydrogens is 366 g/mol. The van der Waals surface area contributed by atoms with Crippen molar-refractivity contribution >= 4 is 12.0 Å². The Morgan fingerprint density at radius 2 is 1.72 bits per heavy atom. The summed E-state index contributed by atoms with van der Waals surface area (Å²) in [7, 11) is 3.31. The van der Waals surface area contributed by atoms with E-state index in [2.05, 4.69) is 22.5 Å². The van der Waals surface area contributed by atoms with Gasteiger partial charge in [-0.1, -0.05) is 61.5 Å². The van der Waals surface area contributed by atoms with Crippen LogP contribution in [-0.2, 0) is 22.5 Å². The van der Waals surface area contributed by atoms with E-state index in [1.54, 1.807) is 0 Å². The average Bonchev–Trinajstić information content (AvgIpc) is 2.73. The first kappa shape index (κ1) is 20.6. The third kappa shape index (κ3) is 5.03. The minimum absolute atomic E-state index is 0.328. The second-order valence-corrected chi connectivity index (χ2v) is 7.17. The van der Waals surface area contributed by atoms with Gasteiger partial charge in [-0.05, 0) is 30.2 Å². The molecule has 0 fully saturated rings. The summed E-state index contributed by atoms with van der Waals surface area (Å²) < 4.78 is 5.05. The van der Waals surface area contributed by atoms with Crippen LogP contribution in [0.3, 0.4) is 0 Å². The van der Waals surface area contributed by atoms with E-state index in [4.69, 9.17) is 4.74 Å². The third-order valence-electron chi connectivity index (χ3n) is 5.00. The number of aryl methyl sites for hydroxylation is 1. The lowest BCUT2D eigenvalue weighted by molar-refractivity contribution is -0.136. The molecule has 1 atom stereocenters. The number of nitrogens with one attached hydrogen (secondary N) is 2. The molecule has 0 saturated heterocycles.